The maximum absolute atomic E-state index is 15.1. The summed E-state index contributed by atoms with van der Waals surface area (Å²) in [6, 6.07) is 3.70. The molecule has 4 saturated heterocycles. The van der Waals surface area contributed by atoms with Crippen molar-refractivity contribution in [3.63, 3.8) is 0 Å². The highest BCUT2D eigenvalue weighted by Crippen LogP contribution is 2.42. The molecule has 6 rings (SSSR count). The van der Waals surface area contributed by atoms with Gasteiger partial charge in [-0.1, -0.05) is 0 Å². The summed E-state index contributed by atoms with van der Waals surface area (Å²) in [6.07, 6.45) is 4.66. The number of hydrogen-bond donors (Lipinski definition) is 0. The molecule has 5 heterocycles. The Labute approximate surface area is 194 Å². The molecule has 2 aromatic rings. The summed E-state index contributed by atoms with van der Waals surface area (Å²) >= 11 is 3.28. The Hall–Kier alpha value is -1.58. The normalized spacial score (nSPS) is 32.5. The van der Waals surface area contributed by atoms with Crippen molar-refractivity contribution >= 4 is 32.7 Å². The number of anilines is 1. The van der Waals surface area contributed by atoms with Crippen LogP contribution >= 0.6 is 15.9 Å². The quantitative estimate of drug-likeness (QED) is 0.615. The molecule has 4 aliphatic rings. The summed E-state index contributed by atoms with van der Waals surface area (Å²) in [7, 11) is 0. The number of rotatable bonds is 4. The van der Waals surface area contributed by atoms with E-state index in [1.165, 1.54) is 0 Å². The Morgan fingerprint density at radius 2 is 2.03 bits per heavy atom. The van der Waals surface area contributed by atoms with Gasteiger partial charge in [-0.15, -0.1) is 0 Å². The molecule has 0 radical (unpaired) electrons. The molecule has 0 bridgehead atoms. The minimum absolute atomic E-state index is 0.117. The van der Waals surface area contributed by atoms with E-state index in [0.29, 0.717) is 35.2 Å². The molecule has 172 valence electrons. The maximum atomic E-state index is 15.1. The van der Waals surface area contributed by atoms with Crippen LogP contribution in [0.25, 0.3) is 10.9 Å². The third-order valence-electron chi connectivity index (χ3n) is 7.75. The molecule has 0 saturated carbocycles. The second-order valence-corrected chi connectivity index (χ2v) is 10.6. The van der Waals surface area contributed by atoms with E-state index in [1.54, 1.807) is 6.07 Å². The van der Waals surface area contributed by atoms with E-state index in [-0.39, 0.29) is 22.7 Å². The first-order valence-electron chi connectivity index (χ1n) is 11.5. The Morgan fingerprint density at radius 1 is 1.19 bits per heavy atom. The van der Waals surface area contributed by atoms with Gasteiger partial charge in [0.15, 0.2) is 5.82 Å². The molecule has 0 aliphatic carbocycles. The lowest BCUT2D eigenvalue weighted by Gasteiger charge is -2.48. The third kappa shape index (κ3) is 3.39. The van der Waals surface area contributed by atoms with E-state index in [4.69, 9.17) is 14.5 Å². The molecule has 6 nitrogen and oxygen atoms in total. The number of piperidine rings is 1. The predicted molar refractivity (Wildman–Crippen MR) is 120 cm³/mol. The molecule has 0 N–H and O–H groups in total. The van der Waals surface area contributed by atoms with Crippen molar-refractivity contribution in [1.82, 2.24) is 14.9 Å². The van der Waals surface area contributed by atoms with Gasteiger partial charge in [-0.25, -0.2) is 8.78 Å². The zero-order valence-electron chi connectivity index (χ0n) is 18.0. The van der Waals surface area contributed by atoms with Crippen LogP contribution in [0.2, 0.25) is 0 Å². The summed E-state index contributed by atoms with van der Waals surface area (Å²) < 4.78 is 41.6. The number of halogens is 3. The highest BCUT2D eigenvalue weighted by atomic mass is 79.9. The van der Waals surface area contributed by atoms with E-state index in [9.17, 15) is 4.39 Å². The molecule has 3 atom stereocenters. The predicted octanol–water partition coefficient (Wildman–Crippen LogP) is 4.25. The van der Waals surface area contributed by atoms with E-state index < -0.39 is 12.0 Å². The van der Waals surface area contributed by atoms with Gasteiger partial charge in [0, 0.05) is 37.9 Å². The van der Waals surface area contributed by atoms with Crippen LogP contribution in [0, 0.1) is 5.82 Å². The Bertz CT molecular complexity index is 1050. The van der Waals surface area contributed by atoms with Gasteiger partial charge in [-0.2, -0.15) is 9.97 Å². The lowest BCUT2D eigenvalue weighted by Crippen LogP contribution is -2.56. The van der Waals surface area contributed by atoms with E-state index >= 15 is 4.39 Å². The molecule has 4 fully saturated rings. The highest BCUT2D eigenvalue weighted by Gasteiger charge is 2.49. The van der Waals surface area contributed by atoms with Gasteiger partial charge in [0.05, 0.1) is 22.2 Å². The fourth-order valence-corrected chi connectivity index (χ4v) is 6.37. The van der Waals surface area contributed by atoms with Crippen LogP contribution in [-0.4, -0.2) is 71.6 Å². The van der Waals surface area contributed by atoms with Crippen LogP contribution in [0.5, 0.6) is 6.01 Å². The van der Waals surface area contributed by atoms with E-state index in [1.807, 2.05) is 6.07 Å². The Kier molecular flexibility index (Phi) is 5.07. The number of hydrogen-bond acceptors (Lipinski definition) is 6. The summed E-state index contributed by atoms with van der Waals surface area (Å²) in [5, 5.41) is 0.666. The van der Waals surface area contributed by atoms with E-state index in [0.717, 1.165) is 58.3 Å². The van der Waals surface area contributed by atoms with Crippen molar-refractivity contribution in [1.29, 1.82) is 0 Å². The minimum Gasteiger partial charge on any atom is -0.461 e. The van der Waals surface area contributed by atoms with Crippen molar-refractivity contribution in [2.75, 3.05) is 44.3 Å². The Morgan fingerprint density at radius 3 is 2.84 bits per heavy atom. The van der Waals surface area contributed by atoms with Crippen LogP contribution in [0.15, 0.2) is 16.6 Å². The maximum Gasteiger partial charge on any atom is 0.319 e. The molecule has 0 amide bonds. The molecule has 1 aromatic heterocycles. The number of nitrogens with zero attached hydrogens (tertiary/aromatic N) is 4. The van der Waals surface area contributed by atoms with Crippen molar-refractivity contribution in [2.24, 2.45) is 0 Å². The second-order valence-electron chi connectivity index (χ2n) is 9.76. The average molecular weight is 509 g/mol. The fourth-order valence-electron chi connectivity index (χ4n) is 6.05. The molecule has 1 unspecified atom stereocenters. The average Bonchev–Trinajstić information content (AvgIpc) is 3.29. The largest absolute Gasteiger partial charge is 0.461 e. The number of fused-ring (bicyclic) bond motifs is 2. The molecule has 1 aromatic carbocycles. The number of benzene rings is 1. The topological polar surface area (TPSA) is 50.7 Å². The van der Waals surface area contributed by atoms with Crippen LogP contribution in [0.3, 0.4) is 0 Å². The molecule has 1 spiro atoms. The smallest absolute Gasteiger partial charge is 0.319 e. The first-order chi connectivity index (χ1) is 15.5. The highest BCUT2D eigenvalue weighted by molar-refractivity contribution is 9.10. The van der Waals surface area contributed by atoms with Crippen LogP contribution in [0.4, 0.5) is 14.6 Å². The number of alkyl halides is 1. The van der Waals surface area contributed by atoms with Gasteiger partial charge in [-0.05, 0) is 60.3 Å². The number of ether oxygens (including phenoxy) is 2. The van der Waals surface area contributed by atoms with E-state index in [2.05, 4.69) is 30.7 Å². The zero-order chi connectivity index (χ0) is 21.9. The summed E-state index contributed by atoms with van der Waals surface area (Å²) in [4.78, 5) is 13.6. The first-order valence-corrected chi connectivity index (χ1v) is 12.3. The molecular formula is C23H27BrF2N4O2. The minimum atomic E-state index is -0.826. The standard InChI is InChI=1S/C23H27BrF2N4O2/c24-17-4-3-16-19(18(17)26)27-21(31-14-22-5-1-9-30(22)12-15(25)11-22)28-20(16)29-8-2-6-23(13-29)7-10-32-23/h3-4,15H,1-2,5-14H2/t15-,22+,23?/m1/s1. The zero-order valence-corrected chi connectivity index (χ0v) is 19.5. The lowest BCUT2D eigenvalue weighted by molar-refractivity contribution is -0.151. The Balaban J connectivity index is 1.35. The van der Waals surface area contributed by atoms with Gasteiger partial charge < -0.3 is 14.4 Å². The fraction of sp³-hybridized carbons (Fsp3) is 0.652. The van der Waals surface area contributed by atoms with Gasteiger partial charge >= 0.3 is 6.01 Å². The first kappa shape index (κ1) is 21.0. The van der Waals surface area contributed by atoms with Gasteiger partial charge in [0.2, 0.25) is 0 Å². The second kappa shape index (κ2) is 7.74. The van der Waals surface area contributed by atoms with Crippen LogP contribution in [0.1, 0.15) is 38.5 Å². The van der Waals surface area contributed by atoms with Crippen molar-refractivity contribution in [3.8, 4) is 6.01 Å². The van der Waals surface area contributed by atoms with Crippen LogP contribution in [-0.2, 0) is 4.74 Å². The molecular weight excluding hydrogens is 482 g/mol. The van der Waals surface area contributed by atoms with Crippen molar-refractivity contribution in [3.05, 3.63) is 22.4 Å². The third-order valence-corrected chi connectivity index (χ3v) is 8.37. The van der Waals surface area contributed by atoms with Crippen molar-refractivity contribution in [2.45, 2.75) is 55.8 Å². The number of aromatic nitrogens is 2. The lowest BCUT2D eigenvalue weighted by atomic mass is 9.86. The van der Waals surface area contributed by atoms with Gasteiger partial charge in [-0.3, -0.25) is 4.90 Å². The van der Waals surface area contributed by atoms with Crippen LogP contribution < -0.4 is 9.64 Å². The SMILES string of the molecule is Fc1c(Br)ccc2c(N3CCCC4(CCO4)C3)nc(OC[C@@]34CCCN3C[C@H](F)C4)nc12. The summed E-state index contributed by atoms with van der Waals surface area (Å²) in [5.74, 6) is 0.259. The molecule has 9 heteroatoms. The summed E-state index contributed by atoms with van der Waals surface area (Å²) in [5.41, 5.74) is -0.180. The monoisotopic (exact) mass is 508 g/mol. The van der Waals surface area contributed by atoms with Gasteiger partial charge in [0.1, 0.15) is 24.1 Å². The summed E-state index contributed by atoms with van der Waals surface area (Å²) in [6.45, 7) is 4.03. The van der Waals surface area contributed by atoms with Gasteiger partial charge in [0.25, 0.3) is 0 Å². The molecule has 4 aliphatic heterocycles. The van der Waals surface area contributed by atoms with Crippen molar-refractivity contribution < 1.29 is 18.3 Å². The molecule has 32 heavy (non-hydrogen) atoms.